The van der Waals surface area contributed by atoms with Crippen molar-refractivity contribution in [1.29, 1.82) is 0 Å². The summed E-state index contributed by atoms with van der Waals surface area (Å²) in [6.07, 6.45) is 0. The fourth-order valence-corrected chi connectivity index (χ4v) is 2.76. The van der Waals surface area contributed by atoms with E-state index in [-0.39, 0.29) is 4.90 Å². The minimum atomic E-state index is -3.79. The molecular formula is C12H7BrClFO3S. The lowest BCUT2D eigenvalue weighted by atomic mass is 10.3. The number of benzene rings is 2. The maximum atomic E-state index is 13.0. The van der Waals surface area contributed by atoms with Gasteiger partial charge in [-0.2, -0.15) is 0 Å². The Kier molecular flexibility index (Phi) is 4.13. The van der Waals surface area contributed by atoms with E-state index in [2.05, 4.69) is 15.9 Å². The first-order chi connectivity index (χ1) is 8.86. The standard InChI is InChI=1S/C12H7BrClFO3S/c13-11-7-10(19(14,16)17)4-5-12(11)18-9-3-1-2-8(15)6-9/h1-7H. The summed E-state index contributed by atoms with van der Waals surface area (Å²) in [5, 5.41) is 0. The topological polar surface area (TPSA) is 43.4 Å². The molecule has 0 saturated carbocycles. The number of rotatable bonds is 3. The summed E-state index contributed by atoms with van der Waals surface area (Å²) in [5.41, 5.74) is 0. The molecule has 3 nitrogen and oxygen atoms in total. The van der Waals surface area contributed by atoms with Gasteiger partial charge in [0.2, 0.25) is 0 Å². The summed E-state index contributed by atoms with van der Waals surface area (Å²) in [7, 11) is 1.43. The molecule has 0 aliphatic rings. The molecule has 0 spiro atoms. The monoisotopic (exact) mass is 364 g/mol. The summed E-state index contributed by atoms with van der Waals surface area (Å²) >= 11 is 3.17. The van der Waals surface area contributed by atoms with Crippen LogP contribution in [0.15, 0.2) is 51.8 Å². The third-order valence-corrected chi connectivity index (χ3v) is 4.18. The summed E-state index contributed by atoms with van der Waals surface area (Å²) in [6.45, 7) is 0. The zero-order valence-electron chi connectivity index (χ0n) is 9.31. The lowest BCUT2D eigenvalue weighted by Gasteiger charge is -2.08. The van der Waals surface area contributed by atoms with E-state index in [9.17, 15) is 12.8 Å². The smallest absolute Gasteiger partial charge is 0.261 e. The Morgan fingerprint density at radius 3 is 2.47 bits per heavy atom. The zero-order valence-corrected chi connectivity index (χ0v) is 12.5. The first kappa shape index (κ1) is 14.3. The molecule has 2 rings (SSSR count). The van der Waals surface area contributed by atoms with Gasteiger partial charge in [0.05, 0.1) is 9.37 Å². The van der Waals surface area contributed by atoms with E-state index in [0.717, 1.165) is 0 Å². The highest BCUT2D eigenvalue weighted by molar-refractivity contribution is 9.10. The Balaban J connectivity index is 2.32. The molecule has 0 saturated heterocycles. The van der Waals surface area contributed by atoms with E-state index in [1.807, 2.05) is 0 Å². The SMILES string of the molecule is O=S(=O)(Cl)c1ccc(Oc2cccc(F)c2)c(Br)c1. The highest BCUT2D eigenvalue weighted by Gasteiger charge is 2.13. The number of halogens is 3. The minimum absolute atomic E-state index is 0.0485. The number of ether oxygens (including phenoxy) is 1. The van der Waals surface area contributed by atoms with E-state index in [1.165, 1.54) is 36.4 Å². The van der Waals surface area contributed by atoms with Crippen LogP contribution in [-0.4, -0.2) is 8.42 Å². The summed E-state index contributed by atoms with van der Waals surface area (Å²) in [6, 6.07) is 9.67. The van der Waals surface area contributed by atoms with Crippen LogP contribution in [-0.2, 0) is 9.05 Å². The lowest BCUT2D eigenvalue weighted by molar-refractivity contribution is 0.473. The minimum Gasteiger partial charge on any atom is -0.456 e. The Morgan fingerprint density at radius 2 is 1.89 bits per heavy atom. The molecular weight excluding hydrogens is 359 g/mol. The Labute approximate surface area is 122 Å². The van der Waals surface area contributed by atoms with E-state index in [4.69, 9.17) is 15.4 Å². The predicted molar refractivity (Wildman–Crippen MR) is 73.7 cm³/mol. The molecule has 0 aromatic heterocycles. The second-order valence-corrected chi connectivity index (χ2v) is 7.01. The van der Waals surface area contributed by atoms with Gasteiger partial charge in [0.25, 0.3) is 9.05 Å². The Hall–Kier alpha value is -1.11. The lowest BCUT2D eigenvalue weighted by Crippen LogP contribution is -1.92. The van der Waals surface area contributed by atoms with E-state index in [0.29, 0.717) is 16.0 Å². The first-order valence-corrected chi connectivity index (χ1v) is 8.14. The van der Waals surface area contributed by atoms with Crippen LogP contribution in [0.25, 0.3) is 0 Å². The van der Waals surface area contributed by atoms with Gasteiger partial charge in [-0.15, -0.1) is 0 Å². The van der Waals surface area contributed by atoms with Gasteiger partial charge >= 0.3 is 0 Å². The van der Waals surface area contributed by atoms with Crippen LogP contribution in [0, 0.1) is 5.82 Å². The maximum absolute atomic E-state index is 13.0. The average molecular weight is 366 g/mol. The largest absolute Gasteiger partial charge is 0.456 e. The van der Waals surface area contributed by atoms with Gasteiger partial charge in [0, 0.05) is 16.7 Å². The fraction of sp³-hybridized carbons (Fsp3) is 0. The van der Waals surface area contributed by atoms with Crippen LogP contribution in [0.3, 0.4) is 0 Å². The highest BCUT2D eigenvalue weighted by atomic mass is 79.9. The first-order valence-electron chi connectivity index (χ1n) is 5.04. The van der Waals surface area contributed by atoms with Crippen molar-refractivity contribution in [2.75, 3.05) is 0 Å². The number of hydrogen-bond donors (Lipinski definition) is 0. The summed E-state index contributed by atoms with van der Waals surface area (Å²) < 4.78 is 41.1. The molecule has 0 bridgehead atoms. The molecule has 0 heterocycles. The normalized spacial score (nSPS) is 11.3. The van der Waals surface area contributed by atoms with Gasteiger partial charge < -0.3 is 4.74 Å². The predicted octanol–water partition coefficient (Wildman–Crippen LogP) is 4.31. The van der Waals surface area contributed by atoms with Crippen LogP contribution in [0.4, 0.5) is 4.39 Å². The molecule has 7 heteroatoms. The molecule has 0 fully saturated rings. The average Bonchev–Trinajstić information content (AvgIpc) is 2.30. The van der Waals surface area contributed by atoms with Crippen molar-refractivity contribution in [1.82, 2.24) is 0 Å². The molecule has 19 heavy (non-hydrogen) atoms. The van der Waals surface area contributed by atoms with Crippen molar-refractivity contribution in [3.8, 4) is 11.5 Å². The van der Waals surface area contributed by atoms with Crippen molar-refractivity contribution in [2.24, 2.45) is 0 Å². The maximum Gasteiger partial charge on any atom is 0.261 e. The summed E-state index contributed by atoms with van der Waals surface area (Å²) in [5.74, 6) is 0.241. The van der Waals surface area contributed by atoms with Crippen LogP contribution in [0.1, 0.15) is 0 Å². The number of hydrogen-bond acceptors (Lipinski definition) is 3. The van der Waals surface area contributed by atoms with Crippen molar-refractivity contribution in [2.45, 2.75) is 4.90 Å². The zero-order chi connectivity index (χ0) is 14.0. The Bertz CT molecular complexity index is 719. The van der Waals surface area contributed by atoms with Crippen LogP contribution >= 0.6 is 26.6 Å². The summed E-state index contributed by atoms with van der Waals surface area (Å²) in [4.78, 5) is -0.0485. The third kappa shape index (κ3) is 3.68. The molecule has 0 amide bonds. The third-order valence-electron chi connectivity index (χ3n) is 2.21. The molecule has 0 N–H and O–H groups in total. The van der Waals surface area contributed by atoms with Crippen LogP contribution < -0.4 is 4.74 Å². The van der Waals surface area contributed by atoms with Gasteiger partial charge in [0.15, 0.2) is 0 Å². The van der Waals surface area contributed by atoms with Gasteiger partial charge in [0.1, 0.15) is 17.3 Å². The van der Waals surface area contributed by atoms with E-state index < -0.39 is 14.9 Å². The highest BCUT2D eigenvalue weighted by Crippen LogP contribution is 2.32. The molecule has 0 aliphatic heterocycles. The van der Waals surface area contributed by atoms with E-state index in [1.54, 1.807) is 6.07 Å². The molecule has 0 aliphatic carbocycles. The van der Waals surface area contributed by atoms with Gasteiger partial charge in [-0.25, -0.2) is 12.8 Å². The molecule has 2 aromatic rings. The van der Waals surface area contributed by atoms with Gasteiger partial charge in [-0.05, 0) is 46.3 Å². The Morgan fingerprint density at radius 1 is 1.16 bits per heavy atom. The second-order valence-electron chi connectivity index (χ2n) is 3.59. The van der Waals surface area contributed by atoms with Crippen molar-refractivity contribution < 1.29 is 17.5 Å². The molecule has 2 aromatic carbocycles. The van der Waals surface area contributed by atoms with Crippen molar-refractivity contribution in [3.63, 3.8) is 0 Å². The van der Waals surface area contributed by atoms with Crippen LogP contribution in [0.5, 0.6) is 11.5 Å². The van der Waals surface area contributed by atoms with Crippen molar-refractivity contribution in [3.05, 3.63) is 52.8 Å². The second kappa shape index (κ2) is 5.48. The van der Waals surface area contributed by atoms with Gasteiger partial charge in [-0.1, -0.05) is 6.07 Å². The van der Waals surface area contributed by atoms with Crippen LogP contribution in [0.2, 0.25) is 0 Å². The van der Waals surface area contributed by atoms with Crippen molar-refractivity contribution >= 4 is 35.7 Å². The van der Waals surface area contributed by atoms with E-state index >= 15 is 0 Å². The quantitative estimate of drug-likeness (QED) is 0.761. The molecule has 100 valence electrons. The molecule has 0 unspecified atom stereocenters. The van der Waals surface area contributed by atoms with Gasteiger partial charge in [-0.3, -0.25) is 0 Å². The molecule has 0 atom stereocenters. The fourth-order valence-electron chi connectivity index (χ4n) is 1.37. The molecule has 0 radical (unpaired) electrons.